The highest BCUT2D eigenvalue weighted by atomic mass is 16.6. The number of amides is 1. The molecular weight excluding hydrogens is 402 g/mol. The Morgan fingerprint density at radius 2 is 1.65 bits per heavy atom. The number of ether oxygens (including phenoxy) is 1. The molecule has 0 saturated carbocycles. The molecule has 0 spiro atoms. The van der Waals surface area contributed by atoms with Crippen LogP contribution in [0.5, 0.6) is 11.5 Å². The lowest BCUT2D eigenvalue weighted by Gasteiger charge is -2.27. The molecule has 0 atom stereocenters. The SMILES string of the molecule is COc1cc(/C=N\NC(=O)C(O)(c2ccccc2)c2ccccc2)cc([N+](=O)[O-])c1O. The summed E-state index contributed by atoms with van der Waals surface area (Å²) >= 11 is 0. The summed E-state index contributed by atoms with van der Waals surface area (Å²) in [4.78, 5) is 23.3. The van der Waals surface area contributed by atoms with Gasteiger partial charge in [0.1, 0.15) is 0 Å². The molecule has 3 N–H and O–H groups in total. The van der Waals surface area contributed by atoms with E-state index in [1.54, 1.807) is 60.7 Å². The summed E-state index contributed by atoms with van der Waals surface area (Å²) in [6.07, 6.45) is 1.14. The molecule has 0 aromatic heterocycles. The van der Waals surface area contributed by atoms with Gasteiger partial charge in [-0.15, -0.1) is 0 Å². The van der Waals surface area contributed by atoms with Crippen LogP contribution in [0.25, 0.3) is 0 Å². The molecule has 0 fully saturated rings. The molecule has 9 nitrogen and oxygen atoms in total. The Morgan fingerprint density at radius 1 is 1.10 bits per heavy atom. The molecule has 3 rings (SSSR count). The van der Waals surface area contributed by atoms with Gasteiger partial charge in [0.15, 0.2) is 11.4 Å². The van der Waals surface area contributed by atoms with Gasteiger partial charge in [0, 0.05) is 11.6 Å². The van der Waals surface area contributed by atoms with Crippen LogP contribution in [0.15, 0.2) is 77.9 Å². The van der Waals surface area contributed by atoms with Crippen LogP contribution in [0.1, 0.15) is 16.7 Å². The monoisotopic (exact) mass is 421 g/mol. The van der Waals surface area contributed by atoms with Gasteiger partial charge in [0.25, 0.3) is 5.91 Å². The van der Waals surface area contributed by atoms with E-state index in [2.05, 4.69) is 10.5 Å². The zero-order valence-corrected chi connectivity index (χ0v) is 16.4. The first-order valence-electron chi connectivity index (χ1n) is 9.10. The summed E-state index contributed by atoms with van der Waals surface area (Å²) < 4.78 is 4.93. The number of nitro groups is 1. The molecule has 0 heterocycles. The maximum atomic E-state index is 13.0. The zero-order chi connectivity index (χ0) is 22.4. The fourth-order valence-corrected chi connectivity index (χ4v) is 3.02. The molecule has 0 aliphatic heterocycles. The molecule has 0 saturated heterocycles. The van der Waals surface area contributed by atoms with Crippen molar-refractivity contribution in [3.63, 3.8) is 0 Å². The van der Waals surface area contributed by atoms with E-state index in [0.29, 0.717) is 11.1 Å². The standard InChI is InChI=1S/C22H19N3O6/c1-31-19-13-15(12-18(20(19)26)25(29)30)14-23-24-21(27)22(28,16-8-4-2-5-9-16)17-10-6-3-7-11-17/h2-14,26,28H,1H3,(H,24,27)/b23-14-. The molecule has 0 unspecified atom stereocenters. The van der Waals surface area contributed by atoms with Crippen molar-refractivity contribution >= 4 is 17.8 Å². The topological polar surface area (TPSA) is 134 Å². The average Bonchev–Trinajstić information content (AvgIpc) is 2.80. The number of carbonyl (C=O) groups is 1. The van der Waals surface area contributed by atoms with Gasteiger partial charge in [-0.2, -0.15) is 5.10 Å². The van der Waals surface area contributed by atoms with Gasteiger partial charge >= 0.3 is 5.69 Å². The normalized spacial score (nSPS) is 11.3. The Labute approximate surface area is 177 Å². The molecule has 31 heavy (non-hydrogen) atoms. The van der Waals surface area contributed by atoms with Gasteiger partial charge in [-0.1, -0.05) is 60.7 Å². The van der Waals surface area contributed by atoms with Crippen molar-refractivity contribution in [2.24, 2.45) is 5.10 Å². The summed E-state index contributed by atoms with van der Waals surface area (Å²) in [7, 11) is 1.25. The van der Waals surface area contributed by atoms with Gasteiger partial charge in [-0.3, -0.25) is 14.9 Å². The van der Waals surface area contributed by atoms with Crippen molar-refractivity contribution in [3.8, 4) is 11.5 Å². The quantitative estimate of drug-likeness (QED) is 0.305. The number of phenols is 1. The lowest BCUT2D eigenvalue weighted by Crippen LogP contribution is -2.43. The van der Waals surface area contributed by atoms with Crippen molar-refractivity contribution in [2.45, 2.75) is 5.60 Å². The molecule has 0 aliphatic carbocycles. The third-order valence-electron chi connectivity index (χ3n) is 4.59. The van der Waals surface area contributed by atoms with E-state index in [0.717, 1.165) is 12.3 Å². The number of nitrogens with one attached hydrogen (secondary N) is 1. The third kappa shape index (κ3) is 4.36. The Bertz CT molecular complexity index is 1080. The largest absolute Gasteiger partial charge is 0.500 e. The second kappa shape index (κ2) is 9.06. The lowest BCUT2D eigenvalue weighted by atomic mass is 9.85. The predicted molar refractivity (Wildman–Crippen MR) is 113 cm³/mol. The minimum Gasteiger partial charge on any atom is -0.500 e. The molecule has 158 valence electrons. The number of phenolic OH excluding ortho intramolecular Hbond substituents is 1. The summed E-state index contributed by atoms with van der Waals surface area (Å²) in [5, 5.41) is 36.1. The first-order chi connectivity index (χ1) is 14.9. The number of aromatic hydroxyl groups is 1. The van der Waals surface area contributed by atoms with E-state index in [-0.39, 0.29) is 11.3 Å². The van der Waals surface area contributed by atoms with Crippen molar-refractivity contribution < 1.29 is 24.7 Å². The number of carbonyl (C=O) groups excluding carboxylic acids is 1. The zero-order valence-electron chi connectivity index (χ0n) is 16.4. The van der Waals surface area contributed by atoms with Gasteiger partial charge < -0.3 is 14.9 Å². The number of rotatable bonds is 7. The fourth-order valence-electron chi connectivity index (χ4n) is 3.02. The molecule has 3 aromatic rings. The van der Waals surface area contributed by atoms with Crippen LogP contribution in [0.4, 0.5) is 5.69 Å². The number of benzene rings is 3. The number of aliphatic hydroxyl groups is 1. The maximum Gasteiger partial charge on any atom is 0.315 e. The van der Waals surface area contributed by atoms with Gasteiger partial charge in [-0.25, -0.2) is 5.43 Å². The number of hydrogen-bond donors (Lipinski definition) is 3. The minimum absolute atomic E-state index is 0.118. The van der Waals surface area contributed by atoms with Gasteiger partial charge in [0.2, 0.25) is 5.75 Å². The van der Waals surface area contributed by atoms with Crippen LogP contribution in [0.2, 0.25) is 0 Å². The molecule has 1 amide bonds. The van der Waals surface area contributed by atoms with Crippen LogP contribution in [-0.4, -0.2) is 34.4 Å². The molecule has 0 aliphatic rings. The Kier molecular flexibility index (Phi) is 6.27. The van der Waals surface area contributed by atoms with E-state index in [1.165, 1.54) is 13.2 Å². The van der Waals surface area contributed by atoms with E-state index < -0.39 is 27.9 Å². The van der Waals surface area contributed by atoms with Crippen molar-refractivity contribution in [1.82, 2.24) is 5.43 Å². The van der Waals surface area contributed by atoms with Gasteiger partial charge in [0.05, 0.1) is 18.2 Å². The molecular formula is C22H19N3O6. The van der Waals surface area contributed by atoms with E-state index in [4.69, 9.17) is 4.74 Å². The summed E-state index contributed by atoms with van der Waals surface area (Å²) in [6, 6.07) is 19.2. The summed E-state index contributed by atoms with van der Waals surface area (Å²) in [5.41, 5.74) is 0.575. The van der Waals surface area contributed by atoms with Crippen LogP contribution < -0.4 is 10.2 Å². The number of methoxy groups -OCH3 is 1. The van der Waals surface area contributed by atoms with Crippen LogP contribution in [0.3, 0.4) is 0 Å². The lowest BCUT2D eigenvalue weighted by molar-refractivity contribution is -0.386. The van der Waals surface area contributed by atoms with Crippen molar-refractivity contribution in [3.05, 3.63) is 99.6 Å². The summed E-state index contributed by atoms with van der Waals surface area (Å²) in [5.74, 6) is -1.55. The summed E-state index contributed by atoms with van der Waals surface area (Å²) in [6.45, 7) is 0. The second-order valence-corrected chi connectivity index (χ2v) is 6.49. The van der Waals surface area contributed by atoms with Gasteiger partial charge in [-0.05, 0) is 17.2 Å². The van der Waals surface area contributed by atoms with E-state index in [9.17, 15) is 25.1 Å². The maximum absolute atomic E-state index is 13.0. The number of nitrogens with zero attached hydrogens (tertiary/aromatic N) is 2. The molecule has 0 bridgehead atoms. The molecule has 0 radical (unpaired) electrons. The Hall–Kier alpha value is -4.24. The first kappa shape index (κ1) is 21.5. The second-order valence-electron chi connectivity index (χ2n) is 6.49. The van der Waals surface area contributed by atoms with Crippen LogP contribution in [-0.2, 0) is 10.4 Å². The smallest absolute Gasteiger partial charge is 0.315 e. The van der Waals surface area contributed by atoms with Crippen molar-refractivity contribution in [2.75, 3.05) is 7.11 Å². The number of hydrogen-bond acceptors (Lipinski definition) is 7. The van der Waals surface area contributed by atoms with Crippen LogP contribution in [0, 0.1) is 10.1 Å². The highest BCUT2D eigenvalue weighted by molar-refractivity contribution is 5.91. The first-order valence-corrected chi connectivity index (χ1v) is 9.10. The predicted octanol–water partition coefficient (Wildman–Crippen LogP) is 2.70. The highest BCUT2D eigenvalue weighted by Gasteiger charge is 2.39. The Morgan fingerprint density at radius 3 is 2.13 bits per heavy atom. The van der Waals surface area contributed by atoms with E-state index >= 15 is 0 Å². The third-order valence-corrected chi connectivity index (χ3v) is 4.59. The molecule has 3 aromatic carbocycles. The minimum atomic E-state index is -2.02. The Balaban J connectivity index is 1.91. The number of hydrazone groups is 1. The fraction of sp³-hybridized carbons (Fsp3) is 0.0909. The van der Waals surface area contributed by atoms with Crippen LogP contribution >= 0.6 is 0 Å². The average molecular weight is 421 g/mol. The molecule has 9 heteroatoms. The highest BCUT2D eigenvalue weighted by Crippen LogP contribution is 2.36. The number of nitro benzene ring substituents is 1. The van der Waals surface area contributed by atoms with E-state index in [1.807, 2.05) is 0 Å². The van der Waals surface area contributed by atoms with Crippen molar-refractivity contribution in [1.29, 1.82) is 0 Å².